The Morgan fingerprint density at radius 2 is 2.19 bits per heavy atom. The summed E-state index contributed by atoms with van der Waals surface area (Å²) in [7, 11) is 0. The predicted octanol–water partition coefficient (Wildman–Crippen LogP) is 3.72. The largest absolute Gasteiger partial charge is 0.417 e. The lowest BCUT2D eigenvalue weighted by Gasteiger charge is -2.31. The van der Waals surface area contributed by atoms with E-state index >= 15 is 0 Å². The Kier molecular flexibility index (Phi) is 5.32. The number of hydrogen-bond donors (Lipinski definition) is 1. The summed E-state index contributed by atoms with van der Waals surface area (Å²) in [5.41, 5.74) is -0.817. The molecule has 1 atom stereocenters. The van der Waals surface area contributed by atoms with Gasteiger partial charge in [0, 0.05) is 25.3 Å². The van der Waals surface area contributed by atoms with Crippen molar-refractivity contribution < 1.29 is 13.2 Å². The molecule has 2 heterocycles. The lowest BCUT2D eigenvalue weighted by atomic mass is 10.0. The monoisotopic (exact) mass is 321 g/mol. The van der Waals surface area contributed by atoms with Gasteiger partial charge in [-0.2, -0.15) is 13.2 Å². The fourth-order valence-electron chi connectivity index (χ4n) is 2.53. The van der Waals surface area contributed by atoms with Gasteiger partial charge in [0.25, 0.3) is 0 Å². The highest BCUT2D eigenvalue weighted by Gasteiger charge is 2.32. The maximum absolute atomic E-state index is 12.6. The normalized spacial score (nSPS) is 19.6. The highest BCUT2D eigenvalue weighted by atomic mass is 35.5. The van der Waals surface area contributed by atoms with E-state index in [1.807, 2.05) is 11.8 Å². The zero-order valence-electron chi connectivity index (χ0n) is 11.9. The number of nitrogens with zero attached hydrogens (tertiary/aromatic N) is 2. The summed E-state index contributed by atoms with van der Waals surface area (Å²) < 4.78 is 37.9. The SMILES string of the molecule is CCN(CC1CCCCN1)c1ncc(C(F)(F)F)cc1Cl. The molecule has 21 heavy (non-hydrogen) atoms. The molecule has 1 saturated heterocycles. The molecule has 0 aliphatic carbocycles. The van der Waals surface area contributed by atoms with Crippen LogP contribution >= 0.6 is 11.6 Å². The van der Waals surface area contributed by atoms with Crippen LogP contribution in [-0.2, 0) is 6.18 Å². The third-order valence-corrected chi connectivity index (χ3v) is 3.96. The number of alkyl halides is 3. The molecule has 1 aliphatic heterocycles. The van der Waals surface area contributed by atoms with Crippen molar-refractivity contribution in [2.75, 3.05) is 24.5 Å². The van der Waals surface area contributed by atoms with Gasteiger partial charge in [-0.05, 0) is 32.4 Å². The van der Waals surface area contributed by atoms with E-state index < -0.39 is 11.7 Å². The molecule has 0 radical (unpaired) electrons. The van der Waals surface area contributed by atoms with Crippen LogP contribution in [0, 0.1) is 0 Å². The van der Waals surface area contributed by atoms with Crippen molar-refractivity contribution in [2.24, 2.45) is 0 Å². The standard InChI is InChI=1S/C14H19ClF3N3/c1-2-21(9-11-5-3-4-6-19-11)13-12(15)7-10(8-20-13)14(16,17)18/h7-8,11,19H,2-6,9H2,1H3. The van der Waals surface area contributed by atoms with Gasteiger partial charge in [-0.15, -0.1) is 0 Å². The molecule has 1 fully saturated rings. The molecule has 118 valence electrons. The van der Waals surface area contributed by atoms with Crippen molar-refractivity contribution in [1.29, 1.82) is 0 Å². The Hall–Kier alpha value is -1.01. The number of pyridine rings is 1. The molecule has 1 aromatic rings. The molecule has 7 heteroatoms. The number of likely N-dealkylation sites (N-methyl/N-ethyl adjacent to an activating group) is 1. The first-order chi connectivity index (χ1) is 9.91. The van der Waals surface area contributed by atoms with Crippen LogP contribution in [0.3, 0.4) is 0 Å². The van der Waals surface area contributed by atoms with Gasteiger partial charge >= 0.3 is 6.18 Å². The first-order valence-corrected chi connectivity index (χ1v) is 7.50. The van der Waals surface area contributed by atoms with Crippen LogP contribution in [-0.4, -0.2) is 30.7 Å². The summed E-state index contributed by atoms with van der Waals surface area (Å²) >= 11 is 6.00. The van der Waals surface area contributed by atoms with Gasteiger partial charge in [-0.25, -0.2) is 4.98 Å². The molecule has 0 bridgehead atoms. The van der Waals surface area contributed by atoms with E-state index in [0.717, 1.165) is 25.2 Å². The van der Waals surface area contributed by atoms with E-state index in [1.165, 1.54) is 12.8 Å². The Balaban J connectivity index is 2.14. The highest BCUT2D eigenvalue weighted by Crippen LogP contribution is 2.33. The van der Waals surface area contributed by atoms with Crippen LogP contribution < -0.4 is 10.2 Å². The van der Waals surface area contributed by atoms with E-state index in [9.17, 15) is 13.2 Å². The van der Waals surface area contributed by atoms with Crippen LogP contribution in [0.1, 0.15) is 31.7 Å². The summed E-state index contributed by atoms with van der Waals surface area (Å²) in [6.07, 6.45) is -0.171. The van der Waals surface area contributed by atoms with Crippen molar-refractivity contribution in [2.45, 2.75) is 38.4 Å². The van der Waals surface area contributed by atoms with Crippen LogP contribution in [0.4, 0.5) is 19.0 Å². The van der Waals surface area contributed by atoms with Crippen molar-refractivity contribution in [3.8, 4) is 0 Å². The molecule has 0 saturated carbocycles. The Morgan fingerprint density at radius 3 is 2.71 bits per heavy atom. The van der Waals surface area contributed by atoms with Crippen molar-refractivity contribution >= 4 is 17.4 Å². The molecule has 0 aromatic carbocycles. The van der Waals surface area contributed by atoms with E-state index in [4.69, 9.17) is 11.6 Å². The molecule has 1 N–H and O–H groups in total. The average molecular weight is 322 g/mol. The molecule has 3 nitrogen and oxygen atoms in total. The quantitative estimate of drug-likeness (QED) is 0.916. The topological polar surface area (TPSA) is 28.2 Å². The van der Waals surface area contributed by atoms with E-state index in [2.05, 4.69) is 10.3 Å². The fourth-order valence-corrected chi connectivity index (χ4v) is 2.82. The first-order valence-electron chi connectivity index (χ1n) is 7.13. The summed E-state index contributed by atoms with van der Waals surface area (Å²) in [4.78, 5) is 5.85. The average Bonchev–Trinajstić information content (AvgIpc) is 2.45. The zero-order valence-corrected chi connectivity index (χ0v) is 12.6. The third kappa shape index (κ3) is 4.23. The third-order valence-electron chi connectivity index (χ3n) is 3.68. The zero-order chi connectivity index (χ0) is 15.5. The predicted molar refractivity (Wildman–Crippen MR) is 77.8 cm³/mol. The van der Waals surface area contributed by atoms with Gasteiger partial charge in [0.2, 0.25) is 0 Å². The van der Waals surface area contributed by atoms with Gasteiger partial charge in [0.1, 0.15) is 5.82 Å². The molecular weight excluding hydrogens is 303 g/mol. The number of anilines is 1. The molecule has 1 aliphatic rings. The van der Waals surface area contributed by atoms with Gasteiger partial charge in [0.05, 0.1) is 10.6 Å². The van der Waals surface area contributed by atoms with E-state index in [1.54, 1.807) is 0 Å². The summed E-state index contributed by atoms with van der Waals surface area (Å²) in [5, 5.41) is 3.46. The molecule has 2 rings (SSSR count). The second kappa shape index (κ2) is 6.83. The first kappa shape index (κ1) is 16.4. The van der Waals surface area contributed by atoms with Crippen LogP contribution in [0.25, 0.3) is 0 Å². The molecule has 1 unspecified atom stereocenters. The minimum absolute atomic E-state index is 0.0440. The Bertz CT molecular complexity index is 473. The van der Waals surface area contributed by atoms with Crippen molar-refractivity contribution in [1.82, 2.24) is 10.3 Å². The number of nitrogens with one attached hydrogen (secondary N) is 1. The number of hydrogen-bond acceptors (Lipinski definition) is 3. The molecule has 0 amide bonds. The second-order valence-corrected chi connectivity index (χ2v) is 5.62. The van der Waals surface area contributed by atoms with Crippen LogP contribution in [0.15, 0.2) is 12.3 Å². The van der Waals surface area contributed by atoms with Gasteiger partial charge in [0.15, 0.2) is 0 Å². The van der Waals surface area contributed by atoms with Crippen LogP contribution in [0.5, 0.6) is 0 Å². The van der Waals surface area contributed by atoms with E-state index in [0.29, 0.717) is 24.9 Å². The summed E-state index contributed by atoms with van der Waals surface area (Å²) in [5.74, 6) is 0.416. The van der Waals surface area contributed by atoms with Gasteiger partial charge in [-0.3, -0.25) is 0 Å². The number of rotatable bonds is 4. The molecule has 1 aromatic heterocycles. The Morgan fingerprint density at radius 1 is 1.43 bits per heavy atom. The number of halogens is 4. The number of aromatic nitrogens is 1. The van der Waals surface area contributed by atoms with Crippen molar-refractivity contribution in [3.05, 3.63) is 22.8 Å². The van der Waals surface area contributed by atoms with Crippen LogP contribution in [0.2, 0.25) is 5.02 Å². The number of piperidine rings is 1. The second-order valence-electron chi connectivity index (χ2n) is 5.21. The minimum Gasteiger partial charge on any atom is -0.354 e. The summed E-state index contributed by atoms with van der Waals surface area (Å²) in [6.45, 7) is 4.28. The molecule has 0 spiro atoms. The Labute approximate surface area is 127 Å². The van der Waals surface area contributed by atoms with Gasteiger partial charge < -0.3 is 10.2 Å². The van der Waals surface area contributed by atoms with Crippen molar-refractivity contribution in [3.63, 3.8) is 0 Å². The van der Waals surface area contributed by atoms with E-state index in [-0.39, 0.29) is 5.02 Å². The smallest absolute Gasteiger partial charge is 0.354 e. The molecular formula is C14H19ClF3N3. The maximum Gasteiger partial charge on any atom is 0.417 e. The lowest BCUT2D eigenvalue weighted by Crippen LogP contribution is -2.44. The summed E-state index contributed by atoms with van der Waals surface area (Å²) in [6, 6.07) is 1.28. The fraction of sp³-hybridized carbons (Fsp3) is 0.643. The van der Waals surface area contributed by atoms with Gasteiger partial charge in [-0.1, -0.05) is 18.0 Å². The highest BCUT2D eigenvalue weighted by molar-refractivity contribution is 6.33. The maximum atomic E-state index is 12.6. The minimum atomic E-state index is -4.42. The lowest BCUT2D eigenvalue weighted by molar-refractivity contribution is -0.137.